The van der Waals surface area contributed by atoms with Gasteiger partial charge in [0.05, 0.1) is 18.5 Å². The summed E-state index contributed by atoms with van der Waals surface area (Å²) >= 11 is 3.44. The van der Waals surface area contributed by atoms with Gasteiger partial charge in [-0.25, -0.2) is 13.9 Å². The van der Waals surface area contributed by atoms with Crippen molar-refractivity contribution in [2.75, 3.05) is 7.11 Å². The number of rotatable bonds is 2. The van der Waals surface area contributed by atoms with Crippen molar-refractivity contribution < 1.29 is 9.13 Å². The summed E-state index contributed by atoms with van der Waals surface area (Å²) < 4.78 is 21.1. The molecule has 4 nitrogen and oxygen atoms in total. The summed E-state index contributed by atoms with van der Waals surface area (Å²) in [5.74, 6) is -0.192. The van der Waals surface area contributed by atoms with Crippen LogP contribution in [-0.4, -0.2) is 21.7 Å². The maximum absolute atomic E-state index is 13.8. The van der Waals surface area contributed by atoms with Crippen LogP contribution in [0.2, 0.25) is 0 Å². The Morgan fingerprint density at radius 2 is 2.05 bits per heavy atom. The van der Waals surface area contributed by atoms with Crippen LogP contribution in [0, 0.1) is 12.7 Å². The standard InChI is InChI=1S/C14H11BrFN3O/c1-8-14(15)19-13(17-8)6-4-11(18-19)9-3-5-12(20-2)10(16)7-9/h3-7H,1-2H3. The number of benzene rings is 1. The molecule has 0 bridgehead atoms. The Morgan fingerprint density at radius 1 is 1.25 bits per heavy atom. The van der Waals surface area contributed by atoms with Gasteiger partial charge in [0.2, 0.25) is 0 Å². The molecular weight excluding hydrogens is 325 g/mol. The lowest BCUT2D eigenvalue weighted by molar-refractivity contribution is 0.386. The maximum atomic E-state index is 13.8. The zero-order chi connectivity index (χ0) is 14.3. The molecule has 3 aromatic rings. The molecule has 0 aliphatic rings. The minimum Gasteiger partial charge on any atom is -0.494 e. The van der Waals surface area contributed by atoms with Crippen molar-refractivity contribution in [3.8, 4) is 17.0 Å². The first-order chi connectivity index (χ1) is 9.60. The van der Waals surface area contributed by atoms with E-state index in [-0.39, 0.29) is 5.75 Å². The van der Waals surface area contributed by atoms with Crippen molar-refractivity contribution in [1.82, 2.24) is 14.6 Å². The molecule has 0 amide bonds. The number of hydrogen-bond acceptors (Lipinski definition) is 3. The average molecular weight is 336 g/mol. The van der Waals surface area contributed by atoms with Crippen molar-refractivity contribution in [3.63, 3.8) is 0 Å². The van der Waals surface area contributed by atoms with Crippen LogP contribution in [0.25, 0.3) is 16.9 Å². The van der Waals surface area contributed by atoms with Crippen LogP contribution in [0.3, 0.4) is 0 Å². The molecule has 0 saturated heterocycles. The molecule has 0 aliphatic carbocycles. The van der Waals surface area contributed by atoms with Crippen LogP contribution < -0.4 is 4.74 Å². The summed E-state index contributed by atoms with van der Waals surface area (Å²) in [7, 11) is 1.44. The van der Waals surface area contributed by atoms with Gasteiger partial charge in [0.25, 0.3) is 0 Å². The van der Waals surface area contributed by atoms with Gasteiger partial charge in [-0.15, -0.1) is 0 Å². The number of fused-ring (bicyclic) bond motifs is 1. The van der Waals surface area contributed by atoms with Gasteiger partial charge in [0.1, 0.15) is 4.60 Å². The lowest BCUT2D eigenvalue weighted by atomic mass is 10.1. The fourth-order valence-corrected chi connectivity index (χ4v) is 2.35. The highest BCUT2D eigenvalue weighted by Gasteiger charge is 2.10. The maximum Gasteiger partial charge on any atom is 0.165 e. The molecule has 0 radical (unpaired) electrons. The van der Waals surface area contributed by atoms with Gasteiger partial charge < -0.3 is 4.74 Å². The van der Waals surface area contributed by atoms with Gasteiger partial charge in [-0.05, 0) is 53.2 Å². The van der Waals surface area contributed by atoms with Crippen LogP contribution in [0.5, 0.6) is 5.75 Å². The Balaban J connectivity index is 2.14. The predicted molar refractivity (Wildman–Crippen MR) is 77.4 cm³/mol. The highest BCUT2D eigenvalue weighted by molar-refractivity contribution is 9.10. The van der Waals surface area contributed by atoms with E-state index in [1.54, 1.807) is 16.6 Å². The molecule has 3 rings (SSSR count). The van der Waals surface area contributed by atoms with Crippen LogP contribution >= 0.6 is 15.9 Å². The molecular formula is C14H11BrFN3O. The van der Waals surface area contributed by atoms with Crippen LogP contribution in [0.15, 0.2) is 34.9 Å². The summed E-state index contributed by atoms with van der Waals surface area (Å²) in [4.78, 5) is 4.35. The monoisotopic (exact) mass is 335 g/mol. The number of imidazole rings is 1. The zero-order valence-electron chi connectivity index (χ0n) is 10.9. The summed E-state index contributed by atoms with van der Waals surface area (Å²) in [6.45, 7) is 1.89. The topological polar surface area (TPSA) is 39.4 Å². The van der Waals surface area contributed by atoms with Gasteiger partial charge in [0, 0.05) is 5.56 Å². The second-order valence-corrected chi connectivity index (χ2v) is 5.08. The molecule has 0 N–H and O–H groups in total. The number of nitrogens with zero attached hydrogens (tertiary/aromatic N) is 3. The largest absolute Gasteiger partial charge is 0.494 e. The van der Waals surface area contributed by atoms with E-state index in [1.165, 1.54) is 13.2 Å². The number of ether oxygens (including phenoxy) is 1. The summed E-state index contributed by atoms with van der Waals surface area (Å²) in [5.41, 5.74) is 2.95. The van der Waals surface area contributed by atoms with E-state index in [2.05, 4.69) is 26.0 Å². The molecule has 1 aromatic carbocycles. The normalized spacial score (nSPS) is 11.0. The lowest BCUT2D eigenvalue weighted by Crippen LogP contribution is -1.95. The first-order valence-electron chi connectivity index (χ1n) is 5.96. The first kappa shape index (κ1) is 13.1. The Hall–Kier alpha value is -1.95. The van der Waals surface area contributed by atoms with E-state index in [4.69, 9.17) is 4.74 Å². The quantitative estimate of drug-likeness (QED) is 0.718. The summed E-state index contributed by atoms with van der Waals surface area (Å²) in [6, 6.07) is 8.43. The van der Waals surface area contributed by atoms with Crippen LogP contribution in [0.1, 0.15) is 5.69 Å². The molecule has 0 spiro atoms. The Labute approximate surface area is 123 Å². The Bertz CT molecular complexity index is 800. The molecule has 20 heavy (non-hydrogen) atoms. The van der Waals surface area contributed by atoms with Crippen LogP contribution in [0.4, 0.5) is 4.39 Å². The van der Waals surface area contributed by atoms with E-state index >= 15 is 0 Å². The number of halogens is 2. The van der Waals surface area contributed by atoms with Crippen molar-refractivity contribution in [3.05, 3.63) is 46.4 Å². The number of hydrogen-bond donors (Lipinski definition) is 0. The van der Waals surface area contributed by atoms with Gasteiger partial charge in [0.15, 0.2) is 17.2 Å². The minimum absolute atomic E-state index is 0.217. The Morgan fingerprint density at radius 3 is 2.75 bits per heavy atom. The lowest BCUT2D eigenvalue weighted by Gasteiger charge is -2.05. The SMILES string of the molecule is COc1ccc(-c2ccc3nc(C)c(Br)n3n2)cc1F. The number of aromatic nitrogens is 3. The highest BCUT2D eigenvalue weighted by Crippen LogP contribution is 2.25. The Kier molecular flexibility index (Phi) is 3.17. The fourth-order valence-electron chi connectivity index (χ4n) is 2.00. The third kappa shape index (κ3) is 2.06. The highest BCUT2D eigenvalue weighted by atomic mass is 79.9. The molecule has 102 valence electrons. The van der Waals surface area contributed by atoms with Gasteiger partial charge in [-0.2, -0.15) is 5.10 Å². The van der Waals surface area contributed by atoms with Gasteiger partial charge >= 0.3 is 0 Å². The van der Waals surface area contributed by atoms with E-state index in [0.29, 0.717) is 11.3 Å². The molecule has 2 heterocycles. The van der Waals surface area contributed by atoms with Gasteiger partial charge in [-0.1, -0.05) is 0 Å². The zero-order valence-corrected chi connectivity index (χ0v) is 12.5. The summed E-state index contributed by atoms with van der Waals surface area (Å²) in [5, 5.41) is 4.46. The molecule has 0 aliphatic heterocycles. The third-order valence-corrected chi connectivity index (χ3v) is 3.94. The van der Waals surface area contributed by atoms with E-state index in [0.717, 1.165) is 15.9 Å². The molecule has 0 unspecified atom stereocenters. The predicted octanol–water partition coefficient (Wildman–Crippen LogP) is 3.61. The smallest absolute Gasteiger partial charge is 0.165 e. The molecule has 0 fully saturated rings. The minimum atomic E-state index is -0.409. The summed E-state index contributed by atoms with van der Waals surface area (Å²) in [6.07, 6.45) is 0. The van der Waals surface area contributed by atoms with E-state index in [9.17, 15) is 4.39 Å². The van der Waals surface area contributed by atoms with Crippen molar-refractivity contribution in [2.45, 2.75) is 6.92 Å². The molecule has 6 heteroatoms. The van der Waals surface area contributed by atoms with Crippen molar-refractivity contribution in [2.24, 2.45) is 0 Å². The van der Waals surface area contributed by atoms with Crippen LogP contribution in [-0.2, 0) is 0 Å². The number of aryl methyl sites for hydroxylation is 1. The molecule has 0 atom stereocenters. The molecule has 2 aromatic heterocycles. The second-order valence-electron chi connectivity index (χ2n) is 4.33. The number of methoxy groups -OCH3 is 1. The fraction of sp³-hybridized carbons (Fsp3) is 0.143. The van der Waals surface area contributed by atoms with E-state index in [1.807, 2.05) is 19.1 Å². The molecule has 0 saturated carbocycles. The average Bonchev–Trinajstić information content (AvgIpc) is 2.74. The van der Waals surface area contributed by atoms with Gasteiger partial charge in [-0.3, -0.25) is 0 Å². The van der Waals surface area contributed by atoms with Crippen molar-refractivity contribution >= 4 is 21.6 Å². The van der Waals surface area contributed by atoms with E-state index < -0.39 is 5.82 Å². The first-order valence-corrected chi connectivity index (χ1v) is 6.75. The third-order valence-electron chi connectivity index (χ3n) is 3.03. The van der Waals surface area contributed by atoms with Crippen molar-refractivity contribution in [1.29, 1.82) is 0 Å². The second kappa shape index (κ2) is 4.86.